The van der Waals surface area contributed by atoms with Gasteiger partial charge in [-0.3, -0.25) is 4.90 Å². The lowest BCUT2D eigenvalue weighted by atomic mass is 10.1. The predicted molar refractivity (Wildman–Crippen MR) is 133 cm³/mol. The number of methoxy groups -OCH3 is 1. The Labute approximate surface area is 199 Å². The molecule has 0 aliphatic heterocycles. The lowest BCUT2D eigenvalue weighted by Gasteiger charge is -2.17. The standard InChI is InChI=1S/C25H30N6OS/c1-17-11-7-9-13-22(17)31-19(3)21(18(2)26-31)15-28(4)16-30-25(33)29(5)24(27-30)20-12-8-10-14-23(20)32-6/h7-14H,15-16H2,1-6H3. The lowest BCUT2D eigenvalue weighted by molar-refractivity contribution is 0.243. The minimum atomic E-state index is 0.566. The maximum absolute atomic E-state index is 5.69. The average Bonchev–Trinajstić information content (AvgIpc) is 3.24. The zero-order chi connectivity index (χ0) is 23.7. The first kappa shape index (κ1) is 22.9. The second kappa shape index (κ2) is 9.33. The summed E-state index contributed by atoms with van der Waals surface area (Å²) in [6, 6.07) is 16.2. The van der Waals surface area contributed by atoms with Crippen molar-refractivity contribution in [2.24, 2.45) is 7.05 Å². The number of rotatable bonds is 7. The summed E-state index contributed by atoms with van der Waals surface area (Å²) in [7, 11) is 5.68. The van der Waals surface area contributed by atoms with E-state index in [9.17, 15) is 0 Å². The van der Waals surface area contributed by atoms with Gasteiger partial charge in [-0.25, -0.2) is 9.36 Å². The van der Waals surface area contributed by atoms with Gasteiger partial charge in [-0.2, -0.15) is 10.2 Å². The Hall–Kier alpha value is -3.23. The van der Waals surface area contributed by atoms with Gasteiger partial charge >= 0.3 is 0 Å². The van der Waals surface area contributed by atoms with Crippen LogP contribution in [0.1, 0.15) is 22.5 Å². The number of nitrogens with zero attached hydrogens (tertiary/aromatic N) is 6. The molecule has 0 aliphatic rings. The van der Waals surface area contributed by atoms with Crippen molar-refractivity contribution in [3.63, 3.8) is 0 Å². The predicted octanol–water partition coefficient (Wildman–Crippen LogP) is 4.83. The Kier molecular flexibility index (Phi) is 6.49. The zero-order valence-corrected chi connectivity index (χ0v) is 20.8. The van der Waals surface area contributed by atoms with Gasteiger partial charge in [-0.1, -0.05) is 30.3 Å². The molecule has 7 nitrogen and oxygen atoms in total. The number of ether oxygens (including phenoxy) is 1. The second-order valence-electron chi connectivity index (χ2n) is 8.37. The molecule has 0 radical (unpaired) electrons. The van der Waals surface area contributed by atoms with Crippen LogP contribution in [0.15, 0.2) is 48.5 Å². The minimum Gasteiger partial charge on any atom is -0.496 e. The molecule has 8 heteroatoms. The highest BCUT2D eigenvalue weighted by molar-refractivity contribution is 7.71. The summed E-state index contributed by atoms with van der Waals surface area (Å²) in [6.07, 6.45) is 0. The Morgan fingerprint density at radius 2 is 1.70 bits per heavy atom. The van der Waals surface area contributed by atoms with Crippen molar-refractivity contribution >= 4 is 12.2 Å². The third-order valence-electron chi connectivity index (χ3n) is 5.98. The molecule has 0 spiro atoms. The summed E-state index contributed by atoms with van der Waals surface area (Å²) in [5.74, 6) is 1.56. The van der Waals surface area contributed by atoms with Gasteiger partial charge in [0.2, 0.25) is 0 Å². The molecule has 4 aromatic rings. The quantitative estimate of drug-likeness (QED) is 0.368. The highest BCUT2D eigenvalue weighted by Crippen LogP contribution is 2.28. The van der Waals surface area contributed by atoms with Crippen LogP contribution in [-0.2, 0) is 20.3 Å². The van der Waals surface area contributed by atoms with E-state index in [1.165, 1.54) is 11.1 Å². The van der Waals surface area contributed by atoms with Gasteiger partial charge in [0.1, 0.15) is 5.75 Å². The van der Waals surface area contributed by atoms with Crippen LogP contribution in [0.4, 0.5) is 0 Å². The molecule has 2 aromatic heterocycles. The van der Waals surface area contributed by atoms with Crippen molar-refractivity contribution < 1.29 is 4.74 Å². The summed E-state index contributed by atoms with van der Waals surface area (Å²) in [5.41, 5.74) is 6.62. The van der Waals surface area contributed by atoms with Gasteiger partial charge in [0.15, 0.2) is 10.6 Å². The number of hydrogen-bond donors (Lipinski definition) is 0. The monoisotopic (exact) mass is 462 g/mol. The fourth-order valence-electron chi connectivity index (χ4n) is 4.13. The molecule has 0 fully saturated rings. The van der Waals surface area contributed by atoms with Crippen LogP contribution >= 0.6 is 12.2 Å². The summed E-state index contributed by atoms with van der Waals surface area (Å²) in [6.45, 7) is 7.61. The summed E-state index contributed by atoms with van der Waals surface area (Å²) in [4.78, 5) is 2.20. The smallest absolute Gasteiger partial charge is 0.199 e. The van der Waals surface area contributed by atoms with Crippen LogP contribution in [0, 0.1) is 25.5 Å². The zero-order valence-electron chi connectivity index (χ0n) is 20.0. The first-order chi connectivity index (χ1) is 15.8. The number of hydrogen-bond acceptors (Lipinski definition) is 5. The molecule has 0 unspecified atom stereocenters. The van der Waals surface area contributed by atoms with E-state index in [4.69, 9.17) is 27.2 Å². The normalized spacial score (nSPS) is 11.4. The third kappa shape index (κ3) is 4.36. The molecule has 172 valence electrons. The Morgan fingerprint density at radius 1 is 1.00 bits per heavy atom. The molecule has 0 N–H and O–H groups in total. The van der Waals surface area contributed by atoms with Gasteiger partial charge in [-0.05, 0) is 63.8 Å². The Balaban J connectivity index is 1.59. The van der Waals surface area contributed by atoms with Crippen molar-refractivity contribution in [3.05, 3.63) is 75.8 Å². The molecule has 0 saturated heterocycles. The molecule has 0 amide bonds. The largest absolute Gasteiger partial charge is 0.496 e. The lowest BCUT2D eigenvalue weighted by Crippen LogP contribution is -2.23. The highest BCUT2D eigenvalue weighted by Gasteiger charge is 2.18. The van der Waals surface area contributed by atoms with Crippen LogP contribution < -0.4 is 4.74 Å². The van der Waals surface area contributed by atoms with Crippen molar-refractivity contribution in [2.75, 3.05) is 14.2 Å². The highest BCUT2D eigenvalue weighted by atomic mass is 32.1. The Morgan fingerprint density at radius 3 is 2.42 bits per heavy atom. The molecule has 4 rings (SSSR count). The maximum atomic E-state index is 5.69. The molecular formula is C25H30N6OS. The molecule has 0 saturated carbocycles. The van der Waals surface area contributed by atoms with Gasteiger partial charge in [0, 0.05) is 24.8 Å². The first-order valence-corrected chi connectivity index (χ1v) is 11.3. The molecule has 2 aromatic carbocycles. The van der Waals surface area contributed by atoms with Crippen LogP contribution in [-0.4, -0.2) is 43.2 Å². The van der Waals surface area contributed by atoms with Gasteiger partial charge in [0.25, 0.3) is 0 Å². The van der Waals surface area contributed by atoms with Crippen molar-refractivity contribution in [1.82, 2.24) is 29.0 Å². The van der Waals surface area contributed by atoms with E-state index in [0.717, 1.165) is 40.8 Å². The van der Waals surface area contributed by atoms with E-state index in [0.29, 0.717) is 11.4 Å². The van der Waals surface area contributed by atoms with E-state index in [2.05, 4.69) is 50.9 Å². The minimum absolute atomic E-state index is 0.566. The fraction of sp³-hybridized carbons (Fsp3) is 0.320. The van der Waals surface area contributed by atoms with Crippen molar-refractivity contribution in [3.8, 4) is 22.8 Å². The molecule has 2 heterocycles. The van der Waals surface area contributed by atoms with Gasteiger partial charge in [0.05, 0.1) is 30.7 Å². The molecule has 0 bridgehead atoms. The fourth-order valence-corrected chi connectivity index (χ4v) is 4.32. The van der Waals surface area contributed by atoms with E-state index >= 15 is 0 Å². The summed E-state index contributed by atoms with van der Waals surface area (Å²) < 4.78 is 12.0. The molecule has 0 atom stereocenters. The van der Waals surface area contributed by atoms with Gasteiger partial charge in [-0.15, -0.1) is 0 Å². The topological polar surface area (TPSA) is 53.0 Å². The SMILES string of the molecule is COc1ccccc1-c1nn(CN(C)Cc2c(C)nn(-c3ccccc3C)c2C)c(=S)n1C. The Bertz CT molecular complexity index is 1350. The number of benzene rings is 2. The van der Waals surface area contributed by atoms with Crippen LogP contribution in [0.2, 0.25) is 0 Å². The average molecular weight is 463 g/mol. The molecule has 0 aliphatic carbocycles. The molecular weight excluding hydrogens is 432 g/mol. The third-order valence-corrected chi connectivity index (χ3v) is 6.46. The number of aryl methyl sites for hydroxylation is 2. The summed E-state index contributed by atoms with van der Waals surface area (Å²) >= 11 is 5.69. The number of aromatic nitrogens is 5. The molecule has 33 heavy (non-hydrogen) atoms. The van der Waals surface area contributed by atoms with E-state index in [1.807, 2.05) is 51.3 Å². The number of para-hydroxylation sites is 2. The van der Waals surface area contributed by atoms with Gasteiger partial charge < -0.3 is 9.30 Å². The van der Waals surface area contributed by atoms with Crippen LogP contribution in [0.3, 0.4) is 0 Å². The summed E-state index contributed by atoms with van der Waals surface area (Å²) in [5, 5.41) is 9.64. The first-order valence-electron chi connectivity index (χ1n) is 10.9. The van der Waals surface area contributed by atoms with Crippen LogP contribution in [0.5, 0.6) is 5.75 Å². The van der Waals surface area contributed by atoms with Crippen molar-refractivity contribution in [1.29, 1.82) is 0 Å². The van der Waals surface area contributed by atoms with Crippen molar-refractivity contribution in [2.45, 2.75) is 34.0 Å². The maximum Gasteiger partial charge on any atom is 0.199 e. The van der Waals surface area contributed by atoms with E-state index in [1.54, 1.807) is 7.11 Å². The van der Waals surface area contributed by atoms with E-state index < -0.39 is 0 Å². The second-order valence-corrected chi connectivity index (χ2v) is 8.73. The van der Waals surface area contributed by atoms with Crippen LogP contribution in [0.25, 0.3) is 17.1 Å². The van der Waals surface area contributed by atoms with E-state index in [-0.39, 0.29) is 0 Å².